The fourth-order valence-corrected chi connectivity index (χ4v) is 3.47. The van der Waals surface area contributed by atoms with Gasteiger partial charge in [-0.05, 0) is 86.8 Å². The summed E-state index contributed by atoms with van der Waals surface area (Å²) < 4.78 is 5.37. The summed E-state index contributed by atoms with van der Waals surface area (Å²) >= 11 is 0. The lowest BCUT2D eigenvalue weighted by Gasteiger charge is -2.52. The lowest BCUT2D eigenvalue weighted by molar-refractivity contribution is 0.0188. The van der Waals surface area contributed by atoms with Gasteiger partial charge in [-0.15, -0.1) is 0 Å². The van der Waals surface area contributed by atoms with Gasteiger partial charge in [0, 0.05) is 24.7 Å². The first-order valence-electron chi connectivity index (χ1n) is 9.25. The van der Waals surface area contributed by atoms with Crippen molar-refractivity contribution in [1.29, 1.82) is 0 Å². The molecule has 4 nitrogen and oxygen atoms in total. The molecule has 0 aromatic carbocycles. The normalized spacial score (nSPS) is 20.2. The molecule has 0 spiro atoms. The molecule has 0 aliphatic carbocycles. The smallest absolute Gasteiger partial charge is 0.410 e. The van der Waals surface area contributed by atoms with E-state index in [1.807, 2.05) is 20.8 Å². The van der Waals surface area contributed by atoms with Crippen molar-refractivity contribution in [3.63, 3.8) is 0 Å². The molecule has 0 aromatic heterocycles. The third kappa shape index (κ3) is 6.37. The SMILES string of the molecule is CN(CCC/C=C/N1C(C)(C)CCCC1(C)C)C(=O)OC(C)(C)C. The van der Waals surface area contributed by atoms with Gasteiger partial charge in [-0.25, -0.2) is 4.79 Å². The van der Waals surface area contributed by atoms with E-state index in [1.54, 1.807) is 11.9 Å². The number of rotatable bonds is 5. The highest BCUT2D eigenvalue weighted by Gasteiger charge is 2.38. The van der Waals surface area contributed by atoms with Gasteiger partial charge in [0.2, 0.25) is 0 Å². The van der Waals surface area contributed by atoms with Crippen molar-refractivity contribution in [1.82, 2.24) is 9.80 Å². The molecule has 0 saturated carbocycles. The summed E-state index contributed by atoms with van der Waals surface area (Å²) in [5, 5.41) is 0. The zero-order valence-electron chi connectivity index (χ0n) is 17.1. The van der Waals surface area contributed by atoms with Crippen LogP contribution in [0, 0.1) is 0 Å². The minimum Gasteiger partial charge on any atom is -0.444 e. The maximum absolute atomic E-state index is 11.9. The van der Waals surface area contributed by atoms with Crippen molar-refractivity contribution in [2.75, 3.05) is 13.6 Å². The number of hydrogen-bond acceptors (Lipinski definition) is 3. The van der Waals surface area contributed by atoms with Crippen LogP contribution in [0.25, 0.3) is 0 Å². The zero-order chi connectivity index (χ0) is 18.6. The average molecular weight is 339 g/mol. The third-order valence-corrected chi connectivity index (χ3v) is 4.71. The standard InChI is InChI=1S/C20H38N2O2/c1-18(2,3)24-17(23)21(8)15-10-9-11-16-22-19(4,5)13-12-14-20(22,6)7/h11,16H,9-10,12-15H2,1-8H3/b16-11+. The number of carbonyl (C=O) groups is 1. The van der Waals surface area contributed by atoms with Gasteiger partial charge >= 0.3 is 6.09 Å². The van der Waals surface area contributed by atoms with Crippen molar-refractivity contribution in [2.45, 2.75) is 97.2 Å². The van der Waals surface area contributed by atoms with Crippen LogP contribution < -0.4 is 0 Å². The highest BCUT2D eigenvalue weighted by molar-refractivity contribution is 5.67. The van der Waals surface area contributed by atoms with Gasteiger partial charge in [0.25, 0.3) is 0 Å². The van der Waals surface area contributed by atoms with Crippen molar-refractivity contribution in [3.05, 3.63) is 12.3 Å². The van der Waals surface area contributed by atoms with Crippen LogP contribution in [-0.2, 0) is 4.74 Å². The van der Waals surface area contributed by atoms with E-state index in [9.17, 15) is 4.79 Å². The van der Waals surface area contributed by atoms with Gasteiger partial charge in [-0.1, -0.05) is 6.08 Å². The van der Waals surface area contributed by atoms with Crippen molar-refractivity contribution in [3.8, 4) is 0 Å². The zero-order valence-corrected chi connectivity index (χ0v) is 17.1. The number of allylic oxidation sites excluding steroid dienone is 1. The number of ether oxygens (including phenoxy) is 1. The molecule has 1 aliphatic heterocycles. The molecule has 1 heterocycles. The molecule has 1 saturated heterocycles. The largest absolute Gasteiger partial charge is 0.444 e. The second kappa shape index (κ2) is 7.79. The number of amides is 1. The van der Waals surface area contributed by atoms with Crippen molar-refractivity contribution >= 4 is 6.09 Å². The predicted molar refractivity (Wildman–Crippen MR) is 101 cm³/mol. The molecule has 0 N–H and O–H groups in total. The molecule has 1 aliphatic rings. The summed E-state index contributed by atoms with van der Waals surface area (Å²) in [6, 6.07) is 0. The van der Waals surface area contributed by atoms with Gasteiger partial charge in [0.15, 0.2) is 0 Å². The Hall–Kier alpha value is -1.19. The summed E-state index contributed by atoms with van der Waals surface area (Å²) in [7, 11) is 1.80. The van der Waals surface area contributed by atoms with E-state index < -0.39 is 5.60 Å². The molecule has 1 fully saturated rings. The molecule has 0 unspecified atom stereocenters. The highest BCUT2D eigenvalue weighted by atomic mass is 16.6. The minimum absolute atomic E-state index is 0.214. The van der Waals surface area contributed by atoms with Crippen LogP contribution in [-0.4, -0.2) is 46.2 Å². The second-order valence-electron chi connectivity index (χ2n) is 9.28. The third-order valence-electron chi connectivity index (χ3n) is 4.71. The minimum atomic E-state index is -0.434. The topological polar surface area (TPSA) is 32.8 Å². The summed E-state index contributed by atoms with van der Waals surface area (Å²) in [5.74, 6) is 0. The molecular weight excluding hydrogens is 300 g/mol. The molecule has 140 valence electrons. The Morgan fingerprint density at radius 2 is 1.71 bits per heavy atom. The van der Waals surface area contributed by atoms with E-state index in [-0.39, 0.29) is 17.2 Å². The van der Waals surface area contributed by atoms with Gasteiger partial charge in [0.1, 0.15) is 5.60 Å². The number of likely N-dealkylation sites (tertiary alicyclic amines) is 1. The van der Waals surface area contributed by atoms with E-state index in [0.717, 1.165) is 12.8 Å². The van der Waals surface area contributed by atoms with Crippen LogP contribution in [0.4, 0.5) is 4.79 Å². The maximum Gasteiger partial charge on any atom is 0.410 e. The number of nitrogens with zero attached hydrogens (tertiary/aromatic N) is 2. The number of unbranched alkanes of at least 4 members (excludes halogenated alkanes) is 1. The fourth-order valence-electron chi connectivity index (χ4n) is 3.47. The summed E-state index contributed by atoms with van der Waals surface area (Å²) in [4.78, 5) is 16.1. The Kier molecular flexibility index (Phi) is 6.77. The lowest BCUT2D eigenvalue weighted by Crippen LogP contribution is -2.55. The predicted octanol–water partition coefficient (Wildman–Crippen LogP) is 5.19. The molecule has 4 heteroatoms. The van der Waals surface area contributed by atoms with Crippen LogP contribution in [0.2, 0.25) is 0 Å². The van der Waals surface area contributed by atoms with Crippen LogP contribution in [0.3, 0.4) is 0 Å². The van der Waals surface area contributed by atoms with E-state index in [4.69, 9.17) is 4.74 Å². The first kappa shape index (κ1) is 20.9. The Bertz CT molecular complexity index is 431. The first-order chi connectivity index (χ1) is 10.9. The van der Waals surface area contributed by atoms with Crippen LogP contribution in [0.1, 0.15) is 80.6 Å². The van der Waals surface area contributed by atoms with Gasteiger partial charge in [-0.3, -0.25) is 0 Å². The molecular formula is C20H38N2O2. The lowest BCUT2D eigenvalue weighted by atomic mass is 9.80. The van der Waals surface area contributed by atoms with Crippen LogP contribution in [0.5, 0.6) is 0 Å². The summed E-state index contributed by atoms with van der Waals surface area (Å²) in [6.07, 6.45) is 9.96. The Labute approximate surface area is 149 Å². The number of carbonyl (C=O) groups excluding carboxylic acids is 1. The van der Waals surface area contributed by atoms with Crippen molar-refractivity contribution < 1.29 is 9.53 Å². The maximum atomic E-state index is 11.9. The average Bonchev–Trinajstić information content (AvgIpc) is 2.38. The quantitative estimate of drug-likeness (QED) is 0.647. The van der Waals surface area contributed by atoms with Gasteiger partial charge in [-0.2, -0.15) is 0 Å². The van der Waals surface area contributed by atoms with Gasteiger partial charge in [0.05, 0.1) is 0 Å². The Morgan fingerprint density at radius 1 is 1.17 bits per heavy atom. The Morgan fingerprint density at radius 3 is 2.21 bits per heavy atom. The molecule has 1 rings (SSSR count). The number of hydrogen-bond donors (Lipinski definition) is 0. The first-order valence-corrected chi connectivity index (χ1v) is 9.25. The number of piperidine rings is 1. The van der Waals surface area contributed by atoms with Crippen LogP contribution in [0.15, 0.2) is 12.3 Å². The van der Waals surface area contributed by atoms with E-state index in [0.29, 0.717) is 6.54 Å². The fraction of sp³-hybridized carbons (Fsp3) is 0.850. The summed E-state index contributed by atoms with van der Waals surface area (Å²) in [6.45, 7) is 15.7. The highest BCUT2D eigenvalue weighted by Crippen LogP contribution is 2.38. The van der Waals surface area contributed by atoms with Gasteiger partial charge < -0.3 is 14.5 Å². The second-order valence-corrected chi connectivity index (χ2v) is 9.28. The molecule has 0 bridgehead atoms. The van der Waals surface area contributed by atoms with E-state index in [1.165, 1.54) is 19.3 Å². The molecule has 1 amide bonds. The monoisotopic (exact) mass is 338 g/mol. The molecule has 0 atom stereocenters. The van der Waals surface area contributed by atoms with Crippen molar-refractivity contribution in [2.24, 2.45) is 0 Å². The molecule has 0 aromatic rings. The van der Waals surface area contributed by atoms with E-state index in [2.05, 4.69) is 44.9 Å². The molecule has 24 heavy (non-hydrogen) atoms. The molecule has 0 radical (unpaired) electrons. The van der Waals surface area contributed by atoms with Crippen LogP contribution >= 0.6 is 0 Å². The Balaban J connectivity index is 2.43. The summed E-state index contributed by atoms with van der Waals surface area (Å²) in [5.41, 5.74) is -0.00616. The van der Waals surface area contributed by atoms with E-state index >= 15 is 0 Å².